The summed E-state index contributed by atoms with van der Waals surface area (Å²) in [6, 6.07) is 12.0. The van der Waals surface area contributed by atoms with Crippen LogP contribution in [0.1, 0.15) is 80.5 Å². The monoisotopic (exact) mass is 332 g/mol. The maximum absolute atomic E-state index is 2.41. The Bertz CT molecular complexity index is 817. The van der Waals surface area contributed by atoms with Crippen LogP contribution in [0.2, 0.25) is 0 Å². The molecule has 0 heterocycles. The quantitative estimate of drug-likeness (QED) is 0.533. The van der Waals surface area contributed by atoms with E-state index in [9.17, 15) is 0 Å². The zero-order valence-corrected chi connectivity index (χ0v) is 17.2. The van der Waals surface area contributed by atoms with Crippen molar-refractivity contribution < 1.29 is 0 Å². The van der Waals surface area contributed by atoms with Crippen LogP contribution in [0.4, 0.5) is 0 Å². The Morgan fingerprint density at radius 2 is 1.20 bits per heavy atom. The molecule has 0 saturated carbocycles. The van der Waals surface area contributed by atoms with Crippen molar-refractivity contribution in [2.45, 2.75) is 72.6 Å². The molecule has 0 unspecified atom stereocenters. The molecule has 2 aromatic carbocycles. The average molecular weight is 333 g/mol. The van der Waals surface area contributed by atoms with Gasteiger partial charge in [0.1, 0.15) is 0 Å². The Morgan fingerprint density at radius 1 is 0.680 bits per heavy atom. The van der Waals surface area contributed by atoms with Crippen LogP contribution in [-0.4, -0.2) is 0 Å². The first-order valence-corrected chi connectivity index (χ1v) is 9.44. The molecule has 0 aliphatic heterocycles. The molecule has 1 aliphatic rings. The molecule has 132 valence electrons. The van der Waals surface area contributed by atoms with Crippen molar-refractivity contribution in [1.82, 2.24) is 0 Å². The molecule has 0 N–H and O–H groups in total. The molecule has 3 rings (SSSR count). The van der Waals surface area contributed by atoms with Crippen molar-refractivity contribution in [3.8, 4) is 0 Å². The Labute approximate surface area is 154 Å². The van der Waals surface area contributed by atoms with Gasteiger partial charge in [0.05, 0.1) is 0 Å². The number of rotatable bonds is 1. The standard InChI is InChI=1S/C25H32/c1-16-11-18-9-10-22(23(18)12-17(16)2)19-13-20(24(3,4)5)15-21(14-19)25(6,7)8/h10-15H,9H2,1-8H3. The Kier molecular flexibility index (Phi) is 4.22. The summed E-state index contributed by atoms with van der Waals surface area (Å²) in [7, 11) is 0. The first-order chi connectivity index (χ1) is 11.5. The third kappa shape index (κ3) is 3.45. The molecular weight excluding hydrogens is 300 g/mol. The highest BCUT2D eigenvalue weighted by Gasteiger charge is 2.23. The molecule has 0 aromatic heterocycles. The van der Waals surface area contributed by atoms with Gasteiger partial charge in [0.2, 0.25) is 0 Å². The first kappa shape index (κ1) is 18.0. The second-order valence-electron chi connectivity index (χ2n) is 9.71. The van der Waals surface area contributed by atoms with Crippen LogP contribution >= 0.6 is 0 Å². The molecule has 0 fully saturated rings. The number of fused-ring (bicyclic) bond motifs is 1. The lowest BCUT2D eigenvalue weighted by atomic mass is 9.78. The molecule has 0 radical (unpaired) electrons. The average Bonchev–Trinajstić information content (AvgIpc) is 2.88. The van der Waals surface area contributed by atoms with Crippen LogP contribution in [0, 0.1) is 13.8 Å². The highest BCUT2D eigenvalue weighted by molar-refractivity contribution is 5.85. The van der Waals surface area contributed by atoms with Crippen molar-refractivity contribution in [3.05, 3.63) is 75.4 Å². The van der Waals surface area contributed by atoms with Crippen molar-refractivity contribution in [1.29, 1.82) is 0 Å². The van der Waals surface area contributed by atoms with Gasteiger partial charge in [-0.2, -0.15) is 0 Å². The molecule has 0 atom stereocenters. The van der Waals surface area contributed by atoms with E-state index in [0.717, 1.165) is 6.42 Å². The first-order valence-electron chi connectivity index (χ1n) is 9.44. The molecular formula is C25H32. The van der Waals surface area contributed by atoms with Gasteiger partial charge in [-0.05, 0) is 75.6 Å². The summed E-state index contributed by atoms with van der Waals surface area (Å²) in [5.41, 5.74) is 11.6. The fraction of sp³-hybridized carbons (Fsp3) is 0.440. The van der Waals surface area contributed by atoms with E-state index in [1.807, 2.05) is 0 Å². The number of hydrogen-bond donors (Lipinski definition) is 0. The van der Waals surface area contributed by atoms with Crippen molar-refractivity contribution in [2.24, 2.45) is 0 Å². The van der Waals surface area contributed by atoms with Crippen LogP contribution in [-0.2, 0) is 17.3 Å². The largest absolute Gasteiger partial charge is 0.0716 e. The highest BCUT2D eigenvalue weighted by atomic mass is 14.3. The summed E-state index contributed by atoms with van der Waals surface area (Å²) < 4.78 is 0. The van der Waals surface area contributed by atoms with Gasteiger partial charge in [0, 0.05) is 0 Å². The minimum absolute atomic E-state index is 0.154. The van der Waals surface area contributed by atoms with Gasteiger partial charge in [0.25, 0.3) is 0 Å². The van der Waals surface area contributed by atoms with Gasteiger partial charge in [-0.25, -0.2) is 0 Å². The number of hydrogen-bond acceptors (Lipinski definition) is 0. The second kappa shape index (κ2) is 5.87. The third-order valence-corrected chi connectivity index (χ3v) is 5.51. The fourth-order valence-corrected chi connectivity index (χ4v) is 3.54. The van der Waals surface area contributed by atoms with Crippen LogP contribution in [0.5, 0.6) is 0 Å². The van der Waals surface area contributed by atoms with Crippen LogP contribution in [0.3, 0.4) is 0 Å². The summed E-state index contributed by atoms with van der Waals surface area (Å²) in [4.78, 5) is 0. The van der Waals surface area contributed by atoms with E-state index in [1.165, 1.54) is 44.5 Å². The normalized spacial score (nSPS) is 14.5. The molecule has 0 bridgehead atoms. The Hall–Kier alpha value is -1.82. The number of aryl methyl sites for hydroxylation is 2. The highest BCUT2D eigenvalue weighted by Crippen LogP contribution is 2.38. The SMILES string of the molecule is Cc1cc2c(cc1C)C(c1cc(C(C)(C)C)cc(C(C)(C)C)c1)=CC2. The summed E-state index contributed by atoms with van der Waals surface area (Å²) in [5, 5.41) is 0. The van der Waals surface area contributed by atoms with Gasteiger partial charge in [-0.15, -0.1) is 0 Å². The summed E-state index contributed by atoms with van der Waals surface area (Å²) in [6.07, 6.45) is 3.47. The van der Waals surface area contributed by atoms with E-state index in [2.05, 4.69) is 91.8 Å². The van der Waals surface area contributed by atoms with Gasteiger partial charge in [0.15, 0.2) is 0 Å². The molecule has 0 spiro atoms. The van der Waals surface area contributed by atoms with Gasteiger partial charge < -0.3 is 0 Å². The van der Waals surface area contributed by atoms with Gasteiger partial charge in [-0.3, -0.25) is 0 Å². The maximum Gasteiger partial charge on any atom is -0.00818 e. The lowest BCUT2D eigenvalue weighted by molar-refractivity contribution is 0.568. The molecule has 0 amide bonds. The van der Waals surface area contributed by atoms with Crippen LogP contribution in [0.15, 0.2) is 36.4 Å². The van der Waals surface area contributed by atoms with Gasteiger partial charge >= 0.3 is 0 Å². The van der Waals surface area contributed by atoms with Gasteiger partial charge in [-0.1, -0.05) is 78.0 Å². The lowest BCUT2D eigenvalue weighted by Gasteiger charge is -2.26. The van der Waals surface area contributed by atoms with Crippen molar-refractivity contribution >= 4 is 5.57 Å². The topological polar surface area (TPSA) is 0 Å². The maximum atomic E-state index is 2.41. The van der Waals surface area contributed by atoms with E-state index < -0.39 is 0 Å². The van der Waals surface area contributed by atoms with E-state index in [-0.39, 0.29) is 10.8 Å². The van der Waals surface area contributed by atoms with Crippen LogP contribution in [0.25, 0.3) is 5.57 Å². The zero-order valence-electron chi connectivity index (χ0n) is 17.2. The second-order valence-corrected chi connectivity index (χ2v) is 9.71. The minimum Gasteiger partial charge on any atom is -0.0716 e. The molecule has 0 heteroatoms. The molecule has 0 nitrogen and oxygen atoms in total. The predicted molar refractivity (Wildman–Crippen MR) is 111 cm³/mol. The minimum atomic E-state index is 0.154. The Morgan fingerprint density at radius 3 is 1.72 bits per heavy atom. The third-order valence-electron chi connectivity index (χ3n) is 5.51. The van der Waals surface area contributed by atoms with E-state index in [1.54, 1.807) is 0 Å². The Balaban J connectivity index is 2.18. The van der Waals surface area contributed by atoms with E-state index in [4.69, 9.17) is 0 Å². The molecule has 0 saturated heterocycles. The van der Waals surface area contributed by atoms with Crippen molar-refractivity contribution in [2.75, 3.05) is 0 Å². The zero-order chi connectivity index (χ0) is 18.6. The number of allylic oxidation sites excluding steroid dienone is 1. The predicted octanol–water partition coefficient (Wildman–Crippen LogP) is 6.89. The summed E-state index contributed by atoms with van der Waals surface area (Å²) >= 11 is 0. The number of benzene rings is 2. The smallest absolute Gasteiger partial charge is 0.00818 e. The van der Waals surface area contributed by atoms with Crippen molar-refractivity contribution in [3.63, 3.8) is 0 Å². The van der Waals surface area contributed by atoms with E-state index >= 15 is 0 Å². The summed E-state index contributed by atoms with van der Waals surface area (Å²) in [6.45, 7) is 18.3. The van der Waals surface area contributed by atoms with Crippen LogP contribution < -0.4 is 0 Å². The molecule has 1 aliphatic carbocycles. The summed E-state index contributed by atoms with van der Waals surface area (Å²) in [5.74, 6) is 0. The fourth-order valence-electron chi connectivity index (χ4n) is 3.54. The molecule has 2 aromatic rings. The molecule has 25 heavy (non-hydrogen) atoms. The van der Waals surface area contributed by atoms with E-state index in [0.29, 0.717) is 0 Å². The lowest BCUT2D eigenvalue weighted by Crippen LogP contribution is -2.17.